The number of nitrogens with one attached hydrogen (secondary N) is 1. The van der Waals surface area contributed by atoms with Crippen molar-refractivity contribution in [1.82, 2.24) is 14.5 Å². The number of piperazine rings is 1. The molecule has 0 spiro atoms. The Hall–Kier alpha value is -1.44. The topological polar surface area (TPSA) is 52.6 Å². The van der Waals surface area contributed by atoms with Gasteiger partial charge in [-0.05, 0) is 35.9 Å². The predicted octanol–water partition coefficient (Wildman–Crippen LogP) is 2.96. The molecule has 1 aliphatic heterocycles. The Morgan fingerprint density at radius 2 is 1.63 bits per heavy atom. The van der Waals surface area contributed by atoms with Crippen LogP contribution in [0.5, 0.6) is 0 Å². The number of rotatable bonds is 7. The molecule has 7 heteroatoms. The first-order chi connectivity index (χ1) is 13.0. The lowest BCUT2D eigenvalue weighted by molar-refractivity contribution is 0.131. The van der Waals surface area contributed by atoms with Crippen LogP contribution in [0.4, 0.5) is 0 Å². The Kier molecular flexibility index (Phi) is 6.89. The van der Waals surface area contributed by atoms with Crippen molar-refractivity contribution in [3.8, 4) is 0 Å². The average molecular weight is 408 g/mol. The van der Waals surface area contributed by atoms with E-state index in [-0.39, 0.29) is 11.4 Å². The van der Waals surface area contributed by atoms with Gasteiger partial charge in [-0.15, -0.1) is 0 Å². The van der Waals surface area contributed by atoms with Gasteiger partial charge < -0.3 is 4.90 Å². The van der Waals surface area contributed by atoms with Crippen LogP contribution in [-0.4, -0.2) is 50.9 Å². The maximum absolute atomic E-state index is 12.5. The zero-order chi connectivity index (χ0) is 19.3. The van der Waals surface area contributed by atoms with E-state index in [1.165, 1.54) is 6.07 Å². The summed E-state index contributed by atoms with van der Waals surface area (Å²) in [6, 6.07) is 14.3. The summed E-state index contributed by atoms with van der Waals surface area (Å²) in [5, 5.41) is 0.407. The second kappa shape index (κ2) is 9.17. The molecule has 5 nitrogen and oxygen atoms in total. The summed E-state index contributed by atoms with van der Waals surface area (Å²) in [6.07, 6.45) is 0. The molecule has 3 rings (SSSR count). The van der Waals surface area contributed by atoms with E-state index >= 15 is 0 Å². The van der Waals surface area contributed by atoms with Crippen LogP contribution in [0.25, 0.3) is 0 Å². The highest BCUT2D eigenvalue weighted by atomic mass is 35.5. The lowest BCUT2D eigenvalue weighted by atomic mass is 10.1. The Labute approximate surface area is 167 Å². The Bertz CT molecular complexity index is 865. The van der Waals surface area contributed by atoms with Crippen LogP contribution in [0.1, 0.15) is 18.1 Å². The van der Waals surface area contributed by atoms with Crippen molar-refractivity contribution < 1.29 is 8.42 Å². The second-order valence-electron chi connectivity index (χ2n) is 6.76. The van der Waals surface area contributed by atoms with E-state index in [4.69, 9.17) is 11.6 Å². The Morgan fingerprint density at radius 1 is 0.963 bits per heavy atom. The third-order valence-corrected chi connectivity index (χ3v) is 6.62. The van der Waals surface area contributed by atoms with Crippen molar-refractivity contribution >= 4 is 21.6 Å². The van der Waals surface area contributed by atoms with Gasteiger partial charge in [-0.2, -0.15) is 0 Å². The van der Waals surface area contributed by atoms with Gasteiger partial charge in [-0.1, -0.05) is 48.9 Å². The normalized spacial score (nSPS) is 16.5. The fraction of sp³-hybridized carbons (Fsp3) is 0.400. The number of hydrogen-bond donors (Lipinski definition) is 1. The molecular weight excluding hydrogens is 382 g/mol. The molecule has 0 unspecified atom stereocenters. The highest BCUT2D eigenvalue weighted by Gasteiger charge is 2.18. The minimum absolute atomic E-state index is 0.183. The number of halogens is 1. The molecule has 1 fully saturated rings. The first kappa shape index (κ1) is 20.3. The number of hydrogen-bond acceptors (Lipinski definition) is 4. The van der Waals surface area contributed by atoms with Crippen LogP contribution in [0.2, 0.25) is 5.02 Å². The van der Waals surface area contributed by atoms with Gasteiger partial charge in [0.1, 0.15) is 0 Å². The maximum atomic E-state index is 12.5. The SMILES string of the molecule is CCN1CCN(Cc2ccccc2CNS(=O)(=O)c2cccc(Cl)c2)CC1. The summed E-state index contributed by atoms with van der Waals surface area (Å²) in [5.74, 6) is 0. The summed E-state index contributed by atoms with van der Waals surface area (Å²) < 4.78 is 27.8. The van der Waals surface area contributed by atoms with Crippen molar-refractivity contribution in [2.75, 3.05) is 32.7 Å². The summed E-state index contributed by atoms with van der Waals surface area (Å²) in [4.78, 5) is 5.06. The zero-order valence-corrected chi connectivity index (χ0v) is 17.1. The molecule has 27 heavy (non-hydrogen) atoms. The summed E-state index contributed by atoms with van der Waals surface area (Å²) in [6.45, 7) is 8.63. The molecule has 0 aromatic heterocycles. The molecule has 0 aliphatic carbocycles. The fourth-order valence-corrected chi connectivity index (χ4v) is 4.59. The first-order valence-electron chi connectivity index (χ1n) is 9.24. The van der Waals surface area contributed by atoms with E-state index in [2.05, 4.69) is 27.5 Å². The van der Waals surface area contributed by atoms with Crippen molar-refractivity contribution in [3.05, 3.63) is 64.7 Å². The van der Waals surface area contributed by atoms with Crippen molar-refractivity contribution in [2.45, 2.75) is 24.9 Å². The molecule has 0 amide bonds. The molecule has 2 aromatic rings. The average Bonchev–Trinajstić information content (AvgIpc) is 2.68. The van der Waals surface area contributed by atoms with E-state index in [1.807, 2.05) is 18.2 Å². The van der Waals surface area contributed by atoms with Crippen LogP contribution < -0.4 is 4.72 Å². The quantitative estimate of drug-likeness (QED) is 0.766. The highest BCUT2D eigenvalue weighted by molar-refractivity contribution is 7.89. The van der Waals surface area contributed by atoms with Gasteiger partial charge >= 0.3 is 0 Å². The first-order valence-corrected chi connectivity index (χ1v) is 11.1. The molecule has 0 atom stereocenters. The number of nitrogens with zero attached hydrogens (tertiary/aromatic N) is 2. The van der Waals surface area contributed by atoms with E-state index in [9.17, 15) is 8.42 Å². The van der Waals surface area contributed by atoms with Crippen molar-refractivity contribution in [3.63, 3.8) is 0 Å². The van der Waals surface area contributed by atoms with Crippen molar-refractivity contribution in [1.29, 1.82) is 0 Å². The molecule has 0 radical (unpaired) electrons. The summed E-state index contributed by atoms with van der Waals surface area (Å²) in [5.41, 5.74) is 2.16. The summed E-state index contributed by atoms with van der Waals surface area (Å²) in [7, 11) is -3.60. The lowest BCUT2D eigenvalue weighted by Crippen LogP contribution is -2.45. The predicted molar refractivity (Wildman–Crippen MR) is 109 cm³/mol. The zero-order valence-electron chi connectivity index (χ0n) is 15.6. The van der Waals surface area contributed by atoms with Gasteiger partial charge in [0, 0.05) is 44.3 Å². The molecule has 1 heterocycles. The Balaban J connectivity index is 1.66. The molecule has 1 aliphatic rings. The standard InChI is InChI=1S/C20H26ClN3O2S/c1-2-23-10-12-24(13-11-23)16-18-7-4-3-6-17(18)15-22-27(25,26)20-9-5-8-19(21)14-20/h3-9,14,22H,2,10-13,15-16H2,1H3. The number of likely N-dealkylation sites (N-methyl/N-ethyl adjacent to an activating group) is 1. The molecule has 2 aromatic carbocycles. The van der Waals surface area contributed by atoms with E-state index < -0.39 is 10.0 Å². The van der Waals surface area contributed by atoms with Crippen LogP contribution in [-0.2, 0) is 23.1 Å². The minimum atomic E-state index is -3.60. The van der Waals surface area contributed by atoms with Crippen LogP contribution >= 0.6 is 11.6 Å². The highest BCUT2D eigenvalue weighted by Crippen LogP contribution is 2.17. The van der Waals surface area contributed by atoms with E-state index in [1.54, 1.807) is 18.2 Å². The molecule has 1 N–H and O–H groups in total. The molecule has 146 valence electrons. The minimum Gasteiger partial charge on any atom is -0.301 e. The van der Waals surface area contributed by atoms with Gasteiger partial charge in [-0.3, -0.25) is 4.90 Å². The third kappa shape index (κ3) is 5.53. The van der Waals surface area contributed by atoms with Crippen molar-refractivity contribution in [2.24, 2.45) is 0 Å². The van der Waals surface area contributed by atoms with Crippen LogP contribution in [0.3, 0.4) is 0 Å². The van der Waals surface area contributed by atoms with E-state index in [0.717, 1.165) is 50.4 Å². The van der Waals surface area contributed by atoms with Gasteiger partial charge in [0.15, 0.2) is 0 Å². The fourth-order valence-electron chi connectivity index (χ4n) is 3.28. The molecule has 0 saturated carbocycles. The second-order valence-corrected chi connectivity index (χ2v) is 8.96. The number of sulfonamides is 1. The molecule has 1 saturated heterocycles. The van der Waals surface area contributed by atoms with Gasteiger partial charge in [0.25, 0.3) is 0 Å². The lowest BCUT2D eigenvalue weighted by Gasteiger charge is -2.34. The number of benzene rings is 2. The largest absolute Gasteiger partial charge is 0.301 e. The van der Waals surface area contributed by atoms with Crippen LogP contribution in [0, 0.1) is 0 Å². The van der Waals surface area contributed by atoms with E-state index in [0.29, 0.717) is 5.02 Å². The van der Waals surface area contributed by atoms with Gasteiger partial charge in [-0.25, -0.2) is 13.1 Å². The van der Waals surface area contributed by atoms with Gasteiger partial charge in [0.05, 0.1) is 4.90 Å². The molecule has 0 bridgehead atoms. The molecular formula is C20H26ClN3O2S. The maximum Gasteiger partial charge on any atom is 0.240 e. The smallest absolute Gasteiger partial charge is 0.240 e. The monoisotopic (exact) mass is 407 g/mol. The van der Waals surface area contributed by atoms with Crippen LogP contribution in [0.15, 0.2) is 53.4 Å². The van der Waals surface area contributed by atoms with Gasteiger partial charge in [0.2, 0.25) is 10.0 Å². The third-order valence-electron chi connectivity index (χ3n) is 4.98. The summed E-state index contributed by atoms with van der Waals surface area (Å²) >= 11 is 5.92. The Morgan fingerprint density at radius 3 is 2.30 bits per heavy atom.